The van der Waals surface area contributed by atoms with Crippen LogP contribution >= 0.6 is 23.5 Å². The molecule has 29 heavy (non-hydrogen) atoms. The fourth-order valence-electron chi connectivity index (χ4n) is 6.16. The Labute approximate surface area is 184 Å². The summed E-state index contributed by atoms with van der Waals surface area (Å²) in [6.45, 7) is 6.68. The fourth-order valence-corrected chi connectivity index (χ4v) is 9.46. The van der Waals surface area contributed by atoms with Crippen LogP contribution in [0.15, 0.2) is 12.1 Å². The highest BCUT2D eigenvalue weighted by molar-refractivity contribution is 8.20. The molecule has 4 fully saturated rings. The van der Waals surface area contributed by atoms with Gasteiger partial charge < -0.3 is 15.3 Å². The molecule has 3 aliphatic carbocycles. The minimum atomic E-state index is -0.343. The molecular formula is C24H36O3S2. The lowest BCUT2D eigenvalue weighted by molar-refractivity contribution is -0.152. The highest BCUT2D eigenvalue weighted by Crippen LogP contribution is 2.66. The Hall–Kier alpha value is -0.520. The molecule has 3 N–H and O–H groups in total. The van der Waals surface area contributed by atoms with Gasteiger partial charge in [-0.1, -0.05) is 46.5 Å². The Morgan fingerprint density at radius 3 is 2.17 bits per heavy atom. The molecule has 1 aromatic rings. The molecule has 1 heterocycles. The van der Waals surface area contributed by atoms with Crippen molar-refractivity contribution in [3.8, 4) is 11.5 Å². The van der Waals surface area contributed by atoms with Crippen LogP contribution < -0.4 is 0 Å². The van der Waals surface area contributed by atoms with Gasteiger partial charge in [0.25, 0.3) is 0 Å². The highest BCUT2D eigenvalue weighted by atomic mass is 32.2. The largest absolute Gasteiger partial charge is 0.508 e. The van der Waals surface area contributed by atoms with Crippen LogP contribution in [0.2, 0.25) is 0 Å². The lowest BCUT2D eigenvalue weighted by Crippen LogP contribution is -2.57. The summed E-state index contributed by atoms with van der Waals surface area (Å²) in [5.74, 6) is 3.48. The summed E-state index contributed by atoms with van der Waals surface area (Å²) in [6, 6.07) is 3.84. The molecule has 4 aliphatic rings. The van der Waals surface area contributed by atoms with E-state index in [2.05, 4.69) is 20.8 Å². The molecule has 1 aromatic carbocycles. The Bertz CT molecular complexity index is 719. The number of phenols is 2. The highest BCUT2D eigenvalue weighted by Gasteiger charge is 2.59. The molecule has 2 bridgehead atoms. The molecule has 0 spiro atoms. The lowest BCUT2D eigenvalue weighted by Gasteiger charge is -2.62. The predicted octanol–water partition coefficient (Wildman–Crippen LogP) is 6.21. The van der Waals surface area contributed by atoms with Crippen molar-refractivity contribution in [1.82, 2.24) is 0 Å². The Morgan fingerprint density at radius 2 is 1.62 bits per heavy atom. The van der Waals surface area contributed by atoms with Crippen molar-refractivity contribution in [2.24, 2.45) is 17.3 Å². The normalized spacial score (nSPS) is 32.1. The zero-order valence-corrected chi connectivity index (χ0v) is 19.6. The lowest BCUT2D eigenvalue weighted by atomic mass is 9.44. The quantitative estimate of drug-likeness (QED) is 0.444. The molecule has 1 aliphatic heterocycles. The molecule has 3 nitrogen and oxygen atoms in total. The second-order valence-electron chi connectivity index (χ2n) is 9.87. The van der Waals surface area contributed by atoms with Crippen LogP contribution in [0.25, 0.3) is 0 Å². The van der Waals surface area contributed by atoms with Crippen LogP contribution in [0.1, 0.15) is 82.8 Å². The fraction of sp³-hybridized carbons (Fsp3) is 0.750. The number of aliphatic hydroxyl groups excluding tert-OH is 1. The van der Waals surface area contributed by atoms with E-state index in [-0.39, 0.29) is 33.0 Å². The standard InChI is InChI=1S/C24H36O3S2/c1-4-5-6-7-8-24(28-9-10-29-24)15-11-20(26)22(21(27)12-15)16-13-19(25)18-14-17(16)23(18,2)3/h11-12,16-19,25-27H,4-10,13-14H2,1-3H3. The third-order valence-electron chi connectivity index (χ3n) is 7.92. The number of thioether (sulfide) groups is 2. The van der Waals surface area contributed by atoms with Gasteiger partial charge in [-0.2, -0.15) is 0 Å². The van der Waals surface area contributed by atoms with Gasteiger partial charge in [-0.15, -0.1) is 23.5 Å². The van der Waals surface area contributed by atoms with E-state index >= 15 is 0 Å². The van der Waals surface area contributed by atoms with Crippen LogP contribution in [0.5, 0.6) is 11.5 Å². The first-order valence-electron chi connectivity index (χ1n) is 11.3. The number of hydrogen-bond acceptors (Lipinski definition) is 5. The number of benzene rings is 1. The van der Waals surface area contributed by atoms with Crippen LogP contribution in [0.3, 0.4) is 0 Å². The maximum Gasteiger partial charge on any atom is 0.123 e. The van der Waals surface area contributed by atoms with E-state index < -0.39 is 0 Å². The second-order valence-corrected chi connectivity index (χ2v) is 12.9. The van der Waals surface area contributed by atoms with Crippen molar-refractivity contribution in [2.75, 3.05) is 11.5 Å². The van der Waals surface area contributed by atoms with Gasteiger partial charge in [0, 0.05) is 17.1 Å². The maximum atomic E-state index is 11.0. The summed E-state index contributed by atoms with van der Waals surface area (Å²) < 4.78 is -0.0475. The van der Waals surface area contributed by atoms with E-state index in [0.717, 1.165) is 29.9 Å². The third kappa shape index (κ3) is 3.70. The SMILES string of the molecule is CCCCCCC1(c2cc(O)c(C3CC(O)C4CC3C4(C)C)c(O)c2)SCCS1. The Balaban J connectivity index is 1.61. The number of aliphatic hydroxyl groups is 1. The number of hydrogen-bond donors (Lipinski definition) is 3. The monoisotopic (exact) mass is 436 g/mol. The smallest absolute Gasteiger partial charge is 0.123 e. The van der Waals surface area contributed by atoms with Gasteiger partial charge in [0.05, 0.1) is 10.2 Å². The average molecular weight is 437 g/mol. The van der Waals surface area contributed by atoms with Gasteiger partial charge in [-0.05, 0) is 60.1 Å². The average Bonchev–Trinajstić information content (AvgIpc) is 3.14. The van der Waals surface area contributed by atoms with E-state index in [1.165, 1.54) is 25.7 Å². The first kappa shape index (κ1) is 21.7. The summed E-state index contributed by atoms with van der Waals surface area (Å²) in [7, 11) is 0. The molecule has 4 atom stereocenters. The zero-order chi connectivity index (χ0) is 20.8. The van der Waals surface area contributed by atoms with Gasteiger partial charge >= 0.3 is 0 Å². The topological polar surface area (TPSA) is 60.7 Å². The first-order chi connectivity index (χ1) is 13.8. The minimum absolute atomic E-state index is 0.0310. The summed E-state index contributed by atoms with van der Waals surface area (Å²) >= 11 is 3.94. The molecule has 162 valence electrons. The van der Waals surface area contributed by atoms with Crippen molar-refractivity contribution >= 4 is 23.5 Å². The maximum absolute atomic E-state index is 11.0. The van der Waals surface area contributed by atoms with E-state index in [9.17, 15) is 15.3 Å². The molecular weight excluding hydrogens is 400 g/mol. The molecule has 5 rings (SSSR count). The second kappa shape index (κ2) is 8.20. The van der Waals surface area contributed by atoms with Gasteiger partial charge in [0.1, 0.15) is 11.5 Å². The van der Waals surface area contributed by atoms with Crippen LogP contribution in [-0.4, -0.2) is 32.9 Å². The molecule has 1 saturated heterocycles. The minimum Gasteiger partial charge on any atom is -0.508 e. The Morgan fingerprint density at radius 1 is 0.966 bits per heavy atom. The third-order valence-corrected chi connectivity index (χ3v) is 11.5. The molecule has 3 saturated carbocycles. The van der Waals surface area contributed by atoms with Crippen LogP contribution in [0.4, 0.5) is 0 Å². The first-order valence-corrected chi connectivity index (χ1v) is 13.3. The van der Waals surface area contributed by atoms with E-state index in [4.69, 9.17) is 0 Å². The summed E-state index contributed by atoms with van der Waals surface area (Å²) in [5, 5.41) is 32.7. The number of rotatable bonds is 7. The van der Waals surface area contributed by atoms with Gasteiger partial charge in [-0.3, -0.25) is 0 Å². The van der Waals surface area contributed by atoms with Gasteiger partial charge in [-0.25, -0.2) is 0 Å². The predicted molar refractivity (Wildman–Crippen MR) is 124 cm³/mol. The van der Waals surface area contributed by atoms with Crippen molar-refractivity contribution in [1.29, 1.82) is 0 Å². The number of fused-ring (bicyclic) bond motifs is 2. The number of unbranched alkanes of at least 4 members (excludes halogenated alkanes) is 3. The van der Waals surface area contributed by atoms with E-state index in [1.54, 1.807) is 0 Å². The van der Waals surface area contributed by atoms with Crippen molar-refractivity contribution < 1.29 is 15.3 Å². The van der Waals surface area contributed by atoms with E-state index in [1.807, 2.05) is 35.7 Å². The van der Waals surface area contributed by atoms with Crippen molar-refractivity contribution in [2.45, 2.75) is 81.8 Å². The van der Waals surface area contributed by atoms with Crippen LogP contribution in [-0.2, 0) is 4.08 Å². The molecule has 4 unspecified atom stereocenters. The van der Waals surface area contributed by atoms with Crippen LogP contribution in [0, 0.1) is 17.3 Å². The molecule has 0 amide bonds. The van der Waals surface area contributed by atoms with Crippen molar-refractivity contribution in [3.05, 3.63) is 23.3 Å². The summed E-state index contributed by atoms with van der Waals surface area (Å²) in [6.07, 6.45) is 7.30. The van der Waals surface area contributed by atoms with Crippen molar-refractivity contribution in [3.63, 3.8) is 0 Å². The summed E-state index contributed by atoms with van der Waals surface area (Å²) in [5.41, 5.74) is 1.79. The number of aromatic hydroxyl groups is 2. The van der Waals surface area contributed by atoms with E-state index in [0.29, 0.717) is 23.8 Å². The zero-order valence-electron chi connectivity index (χ0n) is 18.0. The van der Waals surface area contributed by atoms with Gasteiger partial charge in [0.2, 0.25) is 0 Å². The molecule has 0 radical (unpaired) electrons. The number of phenolic OH excluding ortho intramolecular Hbond substituents is 2. The summed E-state index contributed by atoms with van der Waals surface area (Å²) in [4.78, 5) is 0. The Kier molecular flexibility index (Phi) is 6.14. The molecule has 0 aromatic heterocycles. The van der Waals surface area contributed by atoms with Gasteiger partial charge in [0.15, 0.2) is 0 Å². The molecule has 5 heteroatoms.